The first-order valence-electron chi connectivity index (χ1n) is 8.28. The highest BCUT2D eigenvalue weighted by Crippen LogP contribution is 2.33. The van der Waals surface area contributed by atoms with Gasteiger partial charge in [-0.2, -0.15) is 5.10 Å². The smallest absolute Gasteiger partial charge is 0.317 e. The first-order chi connectivity index (χ1) is 11.2. The van der Waals surface area contributed by atoms with Crippen LogP contribution in [0.5, 0.6) is 0 Å². The molecule has 1 unspecified atom stereocenters. The highest BCUT2D eigenvalue weighted by atomic mass is 16.2. The summed E-state index contributed by atoms with van der Waals surface area (Å²) in [5, 5.41) is 7.32. The summed E-state index contributed by atoms with van der Waals surface area (Å²) >= 11 is 0. The second-order valence-electron chi connectivity index (χ2n) is 6.16. The summed E-state index contributed by atoms with van der Waals surface area (Å²) < 4.78 is 1.82. The van der Waals surface area contributed by atoms with E-state index in [9.17, 15) is 4.79 Å². The minimum Gasteiger partial charge on any atom is -0.338 e. The SMILES string of the molecule is CCCCNC(=O)N1Cc2ccccc2C(c2cnn(C)c2)C1. The highest BCUT2D eigenvalue weighted by molar-refractivity contribution is 5.74. The molecule has 1 aromatic heterocycles. The third-order valence-electron chi connectivity index (χ3n) is 4.42. The van der Waals surface area contributed by atoms with Gasteiger partial charge in [0.2, 0.25) is 0 Å². The molecule has 1 aromatic carbocycles. The lowest BCUT2D eigenvalue weighted by Crippen LogP contribution is -2.44. The molecule has 5 heteroatoms. The van der Waals surface area contributed by atoms with Crippen molar-refractivity contribution < 1.29 is 4.79 Å². The van der Waals surface area contributed by atoms with Gasteiger partial charge in [0.1, 0.15) is 0 Å². The molecule has 1 aliphatic rings. The van der Waals surface area contributed by atoms with Crippen molar-refractivity contribution in [1.29, 1.82) is 0 Å². The molecule has 2 aromatic rings. The fraction of sp³-hybridized carbons (Fsp3) is 0.444. The number of nitrogens with one attached hydrogen (secondary N) is 1. The number of carbonyl (C=O) groups excluding carboxylic acids is 1. The van der Waals surface area contributed by atoms with E-state index in [-0.39, 0.29) is 11.9 Å². The van der Waals surface area contributed by atoms with Crippen LogP contribution in [0.3, 0.4) is 0 Å². The van der Waals surface area contributed by atoms with Crippen molar-refractivity contribution in [3.05, 3.63) is 53.3 Å². The van der Waals surface area contributed by atoms with E-state index in [2.05, 4.69) is 35.5 Å². The zero-order chi connectivity index (χ0) is 16.2. The maximum absolute atomic E-state index is 12.5. The molecule has 5 nitrogen and oxygen atoms in total. The lowest BCUT2D eigenvalue weighted by atomic mass is 9.86. The summed E-state index contributed by atoms with van der Waals surface area (Å²) in [7, 11) is 1.92. The van der Waals surface area contributed by atoms with E-state index >= 15 is 0 Å². The molecule has 0 saturated carbocycles. The van der Waals surface area contributed by atoms with Crippen molar-refractivity contribution in [2.75, 3.05) is 13.1 Å². The molecule has 0 bridgehead atoms. The number of hydrogen-bond acceptors (Lipinski definition) is 2. The number of aryl methyl sites for hydroxylation is 1. The molecule has 0 radical (unpaired) electrons. The monoisotopic (exact) mass is 312 g/mol. The van der Waals surface area contributed by atoms with E-state index in [4.69, 9.17) is 0 Å². The van der Waals surface area contributed by atoms with Gasteiger partial charge < -0.3 is 10.2 Å². The van der Waals surface area contributed by atoms with Gasteiger partial charge in [0.15, 0.2) is 0 Å². The predicted molar refractivity (Wildman–Crippen MR) is 90.2 cm³/mol. The summed E-state index contributed by atoms with van der Waals surface area (Å²) in [6, 6.07) is 8.42. The maximum Gasteiger partial charge on any atom is 0.317 e. The second kappa shape index (κ2) is 6.86. The predicted octanol–water partition coefficient (Wildman–Crippen LogP) is 2.88. The molecule has 0 fully saturated rings. The zero-order valence-corrected chi connectivity index (χ0v) is 13.8. The van der Waals surface area contributed by atoms with Crippen LogP contribution in [0, 0.1) is 0 Å². The van der Waals surface area contributed by atoms with Gasteiger partial charge in [0.25, 0.3) is 0 Å². The molecule has 122 valence electrons. The molecule has 0 spiro atoms. The van der Waals surface area contributed by atoms with Gasteiger partial charge >= 0.3 is 6.03 Å². The van der Waals surface area contributed by atoms with Crippen molar-refractivity contribution in [2.24, 2.45) is 7.05 Å². The number of fused-ring (bicyclic) bond motifs is 1. The van der Waals surface area contributed by atoms with E-state index < -0.39 is 0 Å². The van der Waals surface area contributed by atoms with Crippen LogP contribution in [-0.4, -0.2) is 33.8 Å². The third kappa shape index (κ3) is 3.38. The maximum atomic E-state index is 12.5. The average molecular weight is 312 g/mol. The van der Waals surface area contributed by atoms with Crippen molar-refractivity contribution >= 4 is 6.03 Å². The van der Waals surface area contributed by atoms with Gasteiger partial charge in [0, 0.05) is 38.8 Å². The van der Waals surface area contributed by atoms with Crippen LogP contribution in [0.1, 0.15) is 42.4 Å². The van der Waals surface area contributed by atoms with E-state index in [1.54, 1.807) is 0 Å². The van der Waals surface area contributed by atoms with Gasteiger partial charge in [-0.1, -0.05) is 37.6 Å². The Bertz CT molecular complexity index is 679. The number of rotatable bonds is 4. The summed E-state index contributed by atoms with van der Waals surface area (Å²) in [5.41, 5.74) is 3.68. The van der Waals surface area contributed by atoms with Gasteiger partial charge in [-0.15, -0.1) is 0 Å². The molecule has 1 N–H and O–H groups in total. The van der Waals surface area contributed by atoms with Gasteiger partial charge in [-0.05, 0) is 23.1 Å². The quantitative estimate of drug-likeness (QED) is 0.883. The molecular weight excluding hydrogens is 288 g/mol. The minimum atomic E-state index is 0.0295. The standard InChI is InChI=1S/C18H24N4O/c1-3-4-9-19-18(23)22-12-14-7-5-6-8-16(14)17(13-22)15-10-20-21(2)11-15/h5-8,10-11,17H,3-4,9,12-13H2,1-2H3,(H,19,23). The molecule has 1 atom stereocenters. The summed E-state index contributed by atoms with van der Waals surface area (Å²) in [6.07, 6.45) is 6.05. The molecule has 1 aliphatic heterocycles. The highest BCUT2D eigenvalue weighted by Gasteiger charge is 2.29. The Morgan fingerprint density at radius 2 is 2.22 bits per heavy atom. The summed E-state index contributed by atoms with van der Waals surface area (Å²) in [4.78, 5) is 14.4. The van der Waals surface area contributed by atoms with Crippen LogP contribution in [0.15, 0.2) is 36.7 Å². The Labute approximate surface area is 137 Å². The molecule has 2 heterocycles. The number of urea groups is 1. The van der Waals surface area contributed by atoms with Crippen LogP contribution in [0.4, 0.5) is 4.79 Å². The van der Waals surface area contributed by atoms with Crippen molar-refractivity contribution in [3.63, 3.8) is 0 Å². The number of unbranched alkanes of at least 4 members (excludes halogenated alkanes) is 1. The number of nitrogens with zero attached hydrogens (tertiary/aromatic N) is 3. The summed E-state index contributed by atoms with van der Waals surface area (Å²) in [5.74, 6) is 0.186. The van der Waals surface area contributed by atoms with Crippen molar-refractivity contribution in [3.8, 4) is 0 Å². The van der Waals surface area contributed by atoms with Gasteiger partial charge in [-0.25, -0.2) is 4.79 Å². The van der Waals surface area contributed by atoms with Crippen LogP contribution in [0.25, 0.3) is 0 Å². The lowest BCUT2D eigenvalue weighted by Gasteiger charge is -2.34. The molecule has 0 aliphatic carbocycles. The molecule has 3 rings (SSSR count). The number of aromatic nitrogens is 2. The van der Waals surface area contributed by atoms with Crippen molar-refractivity contribution in [2.45, 2.75) is 32.2 Å². The average Bonchev–Trinajstić information content (AvgIpc) is 3.00. The number of carbonyl (C=O) groups is 1. The number of amides is 2. The molecule has 2 amide bonds. The zero-order valence-electron chi connectivity index (χ0n) is 13.8. The fourth-order valence-corrected chi connectivity index (χ4v) is 3.15. The van der Waals surface area contributed by atoms with E-state index in [0.717, 1.165) is 24.9 Å². The Kier molecular flexibility index (Phi) is 4.65. The van der Waals surface area contributed by atoms with Crippen LogP contribution in [-0.2, 0) is 13.6 Å². The third-order valence-corrected chi connectivity index (χ3v) is 4.42. The minimum absolute atomic E-state index is 0.0295. The molecule has 23 heavy (non-hydrogen) atoms. The first-order valence-corrected chi connectivity index (χ1v) is 8.28. The Hall–Kier alpha value is -2.30. The van der Waals surface area contributed by atoms with Gasteiger partial charge in [-0.3, -0.25) is 4.68 Å². The Morgan fingerprint density at radius 3 is 2.96 bits per heavy atom. The molecular formula is C18H24N4O. The van der Waals surface area contributed by atoms with Crippen LogP contribution >= 0.6 is 0 Å². The normalized spacial score (nSPS) is 17.0. The van der Waals surface area contributed by atoms with Crippen LogP contribution in [0.2, 0.25) is 0 Å². The van der Waals surface area contributed by atoms with E-state index in [1.807, 2.05) is 35.1 Å². The van der Waals surface area contributed by atoms with E-state index in [0.29, 0.717) is 13.1 Å². The Balaban J connectivity index is 1.83. The topological polar surface area (TPSA) is 50.2 Å². The first kappa shape index (κ1) is 15.6. The largest absolute Gasteiger partial charge is 0.338 e. The van der Waals surface area contributed by atoms with E-state index in [1.165, 1.54) is 11.1 Å². The fourth-order valence-electron chi connectivity index (χ4n) is 3.15. The van der Waals surface area contributed by atoms with Crippen LogP contribution < -0.4 is 5.32 Å². The number of benzene rings is 1. The lowest BCUT2D eigenvalue weighted by molar-refractivity contribution is 0.189. The second-order valence-corrected chi connectivity index (χ2v) is 6.16. The summed E-state index contributed by atoms with van der Waals surface area (Å²) in [6.45, 7) is 4.23. The Morgan fingerprint density at radius 1 is 1.39 bits per heavy atom. The van der Waals surface area contributed by atoms with Gasteiger partial charge in [0.05, 0.1) is 6.20 Å². The molecule has 0 saturated heterocycles. The number of hydrogen-bond donors (Lipinski definition) is 1. The van der Waals surface area contributed by atoms with Crippen molar-refractivity contribution in [1.82, 2.24) is 20.0 Å².